The summed E-state index contributed by atoms with van der Waals surface area (Å²) < 4.78 is 6.49. The number of halogens is 1. The van der Waals surface area contributed by atoms with E-state index < -0.39 is 5.60 Å². The van der Waals surface area contributed by atoms with Gasteiger partial charge in [0.25, 0.3) is 0 Å². The Kier molecular flexibility index (Phi) is 6.92. The fourth-order valence-electron chi connectivity index (χ4n) is 2.95. The van der Waals surface area contributed by atoms with Crippen molar-refractivity contribution < 1.29 is 9.53 Å². The molecule has 0 aromatic carbocycles. The van der Waals surface area contributed by atoms with Gasteiger partial charge in [0.1, 0.15) is 5.60 Å². The first-order valence-electron chi connectivity index (χ1n) is 8.28. The molecular weight excluding hydrogens is 376 g/mol. The van der Waals surface area contributed by atoms with Crippen molar-refractivity contribution in [2.45, 2.75) is 58.1 Å². The van der Waals surface area contributed by atoms with Crippen molar-refractivity contribution >= 4 is 33.4 Å². The number of rotatable bonds is 6. The second kappa shape index (κ2) is 8.49. The van der Waals surface area contributed by atoms with Gasteiger partial charge >= 0.3 is 6.09 Å². The molecule has 2 unspecified atom stereocenters. The molecule has 4 nitrogen and oxygen atoms in total. The van der Waals surface area contributed by atoms with Crippen LogP contribution in [0.3, 0.4) is 0 Å². The Balaban J connectivity index is 1.69. The van der Waals surface area contributed by atoms with Crippen LogP contribution in [-0.4, -0.2) is 30.8 Å². The van der Waals surface area contributed by atoms with Crippen LogP contribution >= 0.6 is 27.3 Å². The van der Waals surface area contributed by atoms with Gasteiger partial charge < -0.3 is 15.4 Å². The zero-order valence-electron chi connectivity index (χ0n) is 14.2. The second-order valence-corrected chi connectivity index (χ2v) is 9.64. The van der Waals surface area contributed by atoms with E-state index in [1.807, 2.05) is 20.8 Å². The molecule has 6 heteroatoms. The van der Waals surface area contributed by atoms with Gasteiger partial charge in [-0.1, -0.05) is 6.42 Å². The molecule has 2 rings (SSSR count). The normalized spacial score (nSPS) is 21.4. The van der Waals surface area contributed by atoms with Crippen LogP contribution in [0.15, 0.2) is 15.9 Å². The lowest BCUT2D eigenvalue weighted by Gasteiger charge is -2.23. The van der Waals surface area contributed by atoms with Gasteiger partial charge in [-0.3, -0.25) is 0 Å². The number of amides is 1. The molecule has 0 spiro atoms. The number of hydrogen-bond donors (Lipinski definition) is 2. The quantitative estimate of drug-likeness (QED) is 0.743. The molecular formula is C17H27BrN2O2S. The molecule has 0 radical (unpaired) electrons. The third-order valence-electron chi connectivity index (χ3n) is 3.97. The van der Waals surface area contributed by atoms with Crippen LogP contribution in [-0.2, 0) is 11.2 Å². The minimum atomic E-state index is -0.438. The third kappa shape index (κ3) is 6.81. The minimum Gasteiger partial charge on any atom is -0.444 e. The van der Waals surface area contributed by atoms with E-state index in [1.165, 1.54) is 21.5 Å². The van der Waals surface area contributed by atoms with E-state index in [9.17, 15) is 4.79 Å². The first-order chi connectivity index (χ1) is 10.8. The lowest BCUT2D eigenvalue weighted by Crippen LogP contribution is -2.41. The Morgan fingerprint density at radius 1 is 1.39 bits per heavy atom. The van der Waals surface area contributed by atoms with Crippen molar-refractivity contribution in [3.05, 3.63) is 20.8 Å². The lowest BCUT2D eigenvalue weighted by atomic mass is 10.0. The maximum Gasteiger partial charge on any atom is 0.407 e. The molecule has 1 aromatic heterocycles. The molecule has 1 amide bonds. The Morgan fingerprint density at radius 3 is 2.83 bits per heavy atom. The average Bonchev–Trinajstić information content (AvgIpc) is 3.04. The van der Waals surface area contributed by atoms with E-state index in [2.05, 4.69) is 38.7 Å². The Labute approximate surface area is 151 Å². The van der Waals surface area contributed by atoms with Crippen molar-refractivity contribution in [2.24, 2.45) is 5.92 Å². The largest absolute Gasteiger partial charge is 0.444 e. The Hall–Kier alpha value is -0.590. The predicted octanol–water partition coefficient (Wildman–Crippen LogP) is 4.34. The summed E-state index contributed by atoms with van der Waals surface area (Å²) in [5.41, 5.74) is -0.438. The van der Waals surface area contributed by atoms with Crippen LogP contribution in [0.2, 0.25) is 0 Å². The number of carbonyl (C=O) groups excluding carboxylic acids is 1. The molecule has 1 aliphatic carbocycles. The summed E-state index contributed by atoms with van der Waals surface area (Å²) in [6.07, 6.45) is 4.32. The molecule has 2 atom stereocenters. The van der Waals surface area contributed by atoms with E-state index in [-0.39, 0.29) is 6.09 Å². The highest BCUT2D eigenvalue weighted by Gasteiger charge is 2.27. The van der Waals surface area contributed by atoms with Crippen LogP contribution < -0.4 is 10.6 Å². The SMILES string of the molecule is CC(C)(C)OC(=O)NCC1CCCC1NCCc1ccc(Br)s1. The molecule has 1 saturated carbocycles. The standard InChI is InChI=1S/C17H27BrN2O2S/c1-17(2,3)22-16(21)20-11-12-5-4-6-14(12)19-10-9-13-7-8-15(18)23-13/h7-8,12,14,19H,4-6,9-11H2,1-3H3,(H,20,21). The van der Waals surface area contributed by atoms with Crippen LogP contribution in [0, 0.1) is 5.92 Å². The highest BCUT2D eigenvalue weighted by atomic mass is 79.9. The van der Waals surface area contributed by atoms with Crippen LogP contribution in [0.1, 0.15) is 44.9 Å². The summed E-state index contributed by atoms with van der Waals surface area (Å²) in [7, 11) is 0. The number of hydrogen-bond acceptors (Lipinski definition) is 4. The van der Waals surface area contributed by atoms with Crippen LogP contribution in [0.5, 0.6) is 0 Å². The minimum absolute atomic E-state index is 0.313. The molecule has 1 aromatic rings. The molecule has 1 heterocycles. The number of ether oxygens (including phenoxy) is 1. The smallest absolute Gasteiger partial charge is 0.407 e. The monoisotopic (exact) mass is 402 g/mol. The fraction of sp³-hybridized carbons (Fsp3) is 0.706. The Morgan fingerprint density at radius 2 is 2.17 bits per heavy atom. The van der Waals surface area contributed by atoms with E-state index in [0.29, 0.717) is 18.5 Å². The zero-order chi connectivity index (χ0) is 16.9. The topological polar surface area (TPSA) is 50.4 Å². The second-order valence-electron chi connectivity index (χ2n) is 7.09. The van der Waals surface area contributed by atoms with Gasteiger partial charge in [-0.15, -0.1) is 11.3 Å². The zero-order valence-corrected chi connectivity index (χ0v) is 16.6. The summed E-state index contributed by atoms with van der Waals surface area (Å²) in [6, 6.07) is 4.77. The maximum absolute atomic E-state index is 11.8. The Bertz CT molecular complexity index is 513. The highest BCUT2D eigenvalue weighted by Crippen LogP contribution is 2.26. The molecule has 0 saturated heterocycles. The van der Waals surface area contributed by atoms with E-state index in [1.54, 1.807) is 11.3 Å². The fourth-order valence-corrected chi connectivity index (χ4v) is 4.43. The van der Waals surface area contributed by atoms with E-state index in [4.69, 9.17) is 4.74 Å². The van der Waals surface area contributed by atoms with Gasteiger partial charge in [0, 0.05) is 24.0 Å². The first-order valence-corrected chi connectivity index (χ1v) is 9.89. The van der Waals surface area contributed by atoms with Crippen molar-refractivity contribution in [3.63, 3.8) is 0 Å². The average molecular weight is 403 g/mol. The highest BCUT2D eigenvalue weighted by molar-refractivity contribution is 9.11. The van der Waals surface area contributed by atoms with Crippen molar-refractivity contribution in [2.75, 3.05) is 13.1 Å². The van der Waals surface area contributed by atoms with Gasteiger partial charge in [-0.2, -0.15) is 0 Å². The number of alkyl carbamates (subject to hydrolysis) is 1. The summed E-state index contributed by atoms with van der Waals surface area (Å²) in [5.74, 6) is 0.498. The summed E-state index contributed by atoms with van der Waals surface area (Å²) in [6.45, 7) is 7.33. The van der Waals surface area contributed by atoms with Crippen molar-refractivity contribution in [1.82, 2.24) is 10.6 Å². The summed E-state index contributed by atoms with van der Waals surface area (Å²) in [5, 5.41) is 6.58. The van der Waals surface area contributed by atoms with Crippen molar-refractivity contribution in [3.8, 4) is 0 Å². The van der Waals surface area contributed by atoms with Gasteiger partial charge in [-0.25, -0.2) is 4.79 Å². The predicted molar refractivity (Wildman–Crippen MR) is 99.1 cm³/mol. The molecule has 23 heavy (non-hydrogen) atoms. The molecule has 0 aliphatic heterocycles. The van der Waals surface area contributed by atoms with Crippen LogP contribution in [0.4, 0.5) is 4.79 Å². The van der Waals surface area contributed by atoms with E-state index in [0.717, 1.165) is 19.4 Å². The van der Waals surface area contributed by atoms with Crippen LogP contribution in [0.25, 0.3) is 0 Å². The summed E-state index contributed by atoms with van der Waals surface area (Å²) in [4.78, 5) is 13.2. The molecule has 1 fully saturated rings. The lowest BCUT2D eigenvalue weighted by molar-refractivity contribution is 0.0517. The first kappa shape index (κ1) is 18.7. The van der Waals surface area contributed by atoms with Crippen molar-refractivity contribution in [1.29, 1.82) is 0 Å². The number of carbonyl (C=O) groups is 1. The summed E-state index contributed by atoms with van der Waals surface area (Å²) >= 11 is 5.29. The van der Waals surface area contributed by atoms with Gasteiger partial charge in [0.05, 0.1) is 3.79 Å². The van der Waals surface area contributed by atoms with Gasteiger partial charge in [-0.05, 0) is 74.0 Å². The van der Waals surface area contributed by atoms with E-state index >= 15 is 0 Å². The molecule has 0 bridgehead atoms. The molecule has 1 aliphatic rings. The number of nitrogens with one attached hydrogen (secondary N) is 2. The van der Waals surface area contributed by atoms with Gasteiger partial charge in [0.2, 0.25) is 0 Å². The third-order valence-corrected chi connectivity index (χ3v) is 5.66. The number of thiophene rings is 1. The van der Waals surface area contributed by atoms with Gasteiger partial charge in [0.15, 0.2) is 0 Å². The maximum atomic E-state index is 11.8. The molecule has 2 N–H and O–H groups in total. The molecule has 130 valence electrons.